The van der Waals surface area contributed by atoms with Crippen LogP contribution in [0.15, 0.2) is 30.5 Å². The van der Waals surface area contributed by atoms with E-state index in [2.05, 4.69) is 30.2 Å². The van der Waals surface area contributed by atoms with Gasteiger partial charge in [0.25, 0.3) is 0 Å². The molecule has 0 saturated carbocycles. The molecule has 84 valence electrons. The molecule has 1 atom stereocenters. The van der Waals surface area contributed by atoms with Crippen LogP contribution in [0.3, 0.4) is 0 Å². The number of carbonyl (C=O) groups excluding carboxylic acids is 1. The number of hydrogen-bond donors (Lipinski definition) is 1. The highest BCUT2D eigenvalue weighted by Crippen LogP contribution is 2.30. The Hall–Kier alpha value is -1.57. The summed E-state index contributed by atoms with van der Waals surface area (Å²) in [6.45, 7) is 2.16. The first-order valence-electron chi connectivity index (χ1n) is 5.86. The van der Waals surface area contributed by atoms with Crippen LogP contribution in [0, 0.1) is 0 Å². The van der Waals surface area contributed by atoms with Gasteiger partial charge in [0.15, 0.2) is 0 Å². The van der Waals surface area contributed by atoms with E-state index in [1.54, 1.807) is 0 Å². The summed E-state index contributed by atoms with van der Waals surface area (Å²) < 4.78 is 0. The molecule has 0 radical (unpaired) electrons. The summed E-state index contributed by atoms with van der Waals surface area (Å²) in [5, 5.41) is 1.25. The summed E-state index contributed by atoms with van der Waals surface area (Å²) in [5.74, 6) is 0.360. The van der Waals surface area contributed by atoms with E-state index in [9.17, 15) is 4.79 Å². The Labute approximate surface area is 95.7 Å². The third-order valence-electron chi connectivity index (χ3n) is 3.08. The van der Waals surface area contributed by atoms with E-state index in [0.29, 0.717) is 12.3 Å². The quantitative estimate of drug-likeness (QED) is 0.759. The Bertz CT molecular complexity index is 472. The van der Waals surface area contributed by atoms with Crippen molar-refractivity contribution in [1.82, 2.24) is 4.98 Å². The number of nitrogens with one attached hydrogen (secondary N) is 1. The lowest BCUT2D eigenvalue weighted by atomic mass is 9.92. The number of benzene rings is 1. The van der Waals surface area contributed by atoms with Crippen molar-refractivity contribution in [1.29, 1.82) is 0 Å². The monoisotopic (exact) mass is 215 g/mol. The predicted molar refractivity (Wildman–Crippen MR) is 66.6 cm³/mol. The zero-order valence-electron chi connectivity index (χ0n) is 9.57. The van der Waals surface area contributed by atoms with Crippen molar-refractivity contribution in [3.63, 3.8) is 0 Å². The van der Waals surface area contributed by atoms with Gasteiger partial charge in [0.2, 0.25) is 0 Å². The van der Waals surface area contributed by atoms with Gasteiger partial charge in [-0.1, -0.05) is 31.5 Å². The van der Waals surface area contributed by atoms with Crippen LogP contribution in [0.5, 0.6) is 0 Å². The van der Waals surface area contributed by atoms with Gasteiger partial charge in [-0.25, -0.2) is 0 Å². The maximum atomic E-state index is 10.7. The minimum Gasteiger partial charge on any atom is -0.361 e. The van der Waals surface area contributed by atoms with Crippen LogP contribution in [0.1, 0.15) is 37.7 Å². The zero-order valence-corrected chi connectivity index (χ0v) is 9.57. The molecule has 1 heterocycles. The standard InChI is InChI=1S/C14H17NO/c1-2-5-11(8-9-16)13-10-15-14-7-4-3-6-12(13)14/h3-4,6-7,9-11,15H,2,5,8H2,1H3/t11-/m0/s1. The number of H-pyrrole nitrogens is 1. The van der Waals surface area contributed by atoms with Gasteiger partial charge in [0.1, 0.15) is 6.29 Å². The lowest BCUT2D eigenvalue weighted by Crippen LogP contribution is -1.98. The predicted octanol–water partition coefficient (Wildman–Crippen LogP) is 3.64. The molecule has 1 N–H and O–H groups in total. The molecule has 0 bridgehead atoms. The van der Waals surface area contributed by atoms with Crippen molar-refractivity contribution in [2.45, 2.75) is 32.1 Å². The fraction of sp³-hybridized carbons (Fsp3) is 0.357. The molecule has 2 rings (SSSR count). The first-order chi connectivity index (χ1) is 7.86. The third kappa shape index (κ3) is 2.01. The van der Waals surface area contributed by atoms with Crippen molar-refractivity contribution < 1.29 is 4.79 Å². The van der Waals surface area contributed by atoms with Crippen LogP contribution in [0.2, 0.25) is 0 Å². The highest BCUT2D eigenvalue weighted by molar-refractivity contribution is 5.83. The van der Waals surface area contributed by atoms with Gasteiger partial charge in [0, 0.05) is 23.5 Å². The molecule has 0 saturated heterocycles. The molecule has 16 heavy (non-hydrogen) atoms. The summed E-state index contributed by atoms with van der Waals surface area (Å²) >= 11 is 0. The number of fused-ring (bicyclic) bond motifs is 1. The fourth-order valence-corrected chi connectivity index (χ4v) is 2.30. The van der Waals surface area contributed by atoms with Crippen LogP contribution in [0.4, 0.5) is 0 Å². The van der Waals surface area contributed by atoms with Gasteiger partial charge in [-0.3, -0.25) is 0 Å². The summed E-state index contributed by atoms with van der Waals surface area (Å²) in [6, 6.07) is 8.26. The highest BCUT2D eigenvalue weighted by Gasteiger charge is 2.14. The minimum atomic E-state index is 0.360. The Morgan fingerprint density at radius 2 is 2.19 bits per heavy atom. The molecule has 2 heteroatoms. The Kier molecular flexibility index (Phi) is 3.40. The average molecular weight is 215 g/mol. The largest absolute Gasteiger partial charge is 0.361 e. The van der Waals surface area contributed by atoms with Crippen LogP contribution >= 0.6 is 0 Å². The topological polar surface area (TPSA) is 32.9 Å². The average Bonchev–Trinajstić information content (AvgIpc) is 2.72. The molecule has 1 aromatic carbocycles. The van der Waals surface area contributed by atoms with Gasteiger partial charge in [-0.15, -0.1) is 0 Å². The van der Waals surface area contributed by atoms with E-state index in [4.69, 9.17) is 0 Å². The van der Waals surface area contributed by atoms with Crippen molar-refractivity contribution >= 4 is 17.2 Å². The maximum absolute atomic E-state index is 10.7. The lowest BCUT2D eigenvalue weighted by Gasteiger charge is -2.11. The van der Waals surface area contributed by atoms with E-state index in [0.717, 1.165) is 24.6 Å². The van der Waals surface area contributed by atoms with Crippen molar-refractivity contribution in [2.24, 2.45) is 0 Å². The van der Waals surface area contributed by atoms with E-state index >= 15 is 0 Å². The number of rotatable bonds is 5. The minimum absolute atomic E-state index is 0.360. The van der Waals surface area contributed by atoms with Crippen molar-refractivity contribution in [3.8, 4) is 0 Å². The van der Waals surface area contributed by atoms with Gasteiger partial charge in [-0.2, -0.15) is 0 Å². The molecule has 1 aromatic heterocycles. The molecular formula is C14H17NO. The molecule has 0 amide bonds. The number of aromatic amines is 1. The first-order valence-corrected chi connectivity index (χ1v) is 5.86. The Balaban J connectivity index is 2.39. The molecular weight excluding hydrogens is 198 g/mol. The second kappa shape index (κ2) is 4.97. The third-order valence-corrected chi connectivity index (χ3v) is 3.08. The molecule has 0 aliphatic heterocycles. The Morgan fingerprint density at radius 1 is 1.38 bits per heavy atom. The molecule has 0 spiro atoms. The van der Waals surface area contributed by atoms with E-state index in [1.165, 1.54) is 10.9 Å². The smallest absolute Gasteiger partial charge is 0.120 e. The first kappa shape index (κ1) is 10.9. The van der Waals surface area contributed by atoms with Crippen LogP contribution < -0.4 is 0 Å². The van der Waals surface area contributed by atoms with Crippen LogP contribution in [0.25, 0.3) is 10.9 Å². The van der Waals surface area contributed by atoms with Gasteiger partial charge in [-0.05, 0) is 24.0 Å². The van der Waals surface area contributed by atoms with Gasteiger partial charge in [0.05, 0.1) is 0 Å². The normalized spacial score (nSPS) is 12.8. The second-order valence-corrected chi connectivity index (χ2v) is 4.18. The number of para-hydroxylation sites is 1. The number of aromatic nitrogens is 1. The number of hydrogen-bond acceptors (Lipinski definition) is 1. The SMILES string of the molecule is CCC[C@@H](CC=O)c1c[nH]c2ccccc12. The van der Waals surface area contributed by atoms with Crippen molar-refractivity contribution in [2.75, 3.05) is 0 Å². The van der Waals surface area contributed by atoms with E-state index in [-0.39, 0.29) is 0 Å². The number of aldehydes is 1. The highest BCUT2D eigenvalue weighted by atomic mass is 16.1. The van der Waals surface area contributed by atoms with Gasteiger partial charge < -0.3 is 9.78 Å². The zero-order chi connectivity index (χ0) is 11.4. The Morgan fingerprint density at radius 3 is 2.94 bits per heavy atom. The molecule has 0 fully saturated rings. The van der Waals surface area contributed by atoms with Crippen LogP contribution in [-0.4, -0.2) is 11.3 Å². The van der Waals surface area contributed by atoms with Gasteiger partial charge >= 0.3 is 0 Å². The summed E-state index contributed by atoms with van der Waals surface area (Å²) in [7, 11) is 0. The molecule has 2 nitrogen and oxygen atoms in total. The van der Waals surface area contributed by atoms with Crippen molar-refractivity contribution in [3.05, 3.63) is 36.0 Å². The van der Waals surface area contributed by atoms with Crippen LogP contribution in [-0.2, 0) is 4.79 Å². The second-order valence-electron chi connectivity index (χ2n) is 4.18. The summed E-state index contributed by atoms with van der Waals surface area (Å²) in [5.41, 5.74) is 2.44. The molecule has 0 unspecified atom stereocenters. The maximum Gasteiger partial charge on any atom is 0.120 e. The molecule has 0 aliphatic rings. The molecule has 0 aliphatic carbocycles. The summed E-state index contributed by atoms with van der Waals surface area (Å²) in [4.78, 5) is 14.0. The van der Waals surface area contributed by atoms with E-state index < -0.39 is 0 Å². The summed E-state index contributed by atoms with van der Waals surface area (Å²) in [6.07, 6.45) is 5.88. The van der Waals surface area contributed by atoms with E-state index in [1.807, 2.05) is 12.1 Å². The number of carbonyl (C=O) groups is 1. The lowest BCUT2D eigenvalue weighted by molar-refractivity contribution is -0.108. The fourth-order valence-electron chi connectivity index (χ4n) is 2.30. The molecule has 2 aromatic rings.